The van der Waals surface area contributed by atoms with Gasteiger partial charge in [-0.3, -0.25) is 0 Å². The number of carbonyl (C=O) groups is 1. The topological polar surface area (TPSA) is 83.2 Å². The van der Waals surface area contributed by atoms with Gasteiger partial charge in [-0.05, 0) is 6.07 Å². The number of pyridine rings is 1. The average Bonchev–Trinajstić information content (AvgIpc) is 2.46. The number of rotatable bonds is 3. The molecule has 19 heavy (non-hydrogen) atoms. The summed E-state index contributed by atoms with van der Waals surface area (Å²) < 4.78 is 4.97. The van der Waals surface area contributed by atoms with E-state index in [4.69, 9.17) is 15.1 Å². The van der Waals surface area contributed by atoms with Gasteiger partial charge in [-0.15, -0.1) is 0 Å². The van der Waals surface area contributed by atoms with Crippen molar-refractivity contribution in [2.45, 2.75) is 0 Å². The molecular weight excluding hydrogens is 244 g/mol. The summed E-state index contributed by atoms with van der Waals surface area (Å²) in [6.45, 7) is 0. The summed E-state index contributed by atoms with van der Waals surface area (Å²) in [5.41, 5.74) is 1.21. The zero-order chi connectivity index (χ0) is 13.8. The second kappa shape index (κ2) is 5.19. The Morgan fingerprint density at radius 1 is 1.37 bits per heavy atom. The Kier molecular flexibility index (Phi) is 3.44. The summed E-state index contributed by atoms with van der Waals surface area (Å²) in [4.78, 5) is 15.2. The molecule has 0 bridgehead atoms. The van der Waals surface area contributed by atoms with Crippen LogP contribution in [0, 0.1) is 11.3 Å². The summed E-state index contributed by atoms with van der Waals surface area (Å²) in [6.07, 6.45) is 0. The van der Waals surface area contributed by atoms with Crippen LogP contribution in [0.25, 0.3) is 11.3 Å². The van der Waals surface area contributed by atoms with E-state index in [1.54, 1.807) is 12.1 Å². The van der Waals surface area contributed by atoms with Crippen molar-refractivity contribution in [3.05, 3.63) is 47.5 Å². The average molecular weight is 254 g/mol. The first kappa shape index (κ1) is 12.6. The predicted molar refractivity (Wildman–Crippen MR) is 67.9 cm³/mol. The van der Waals surface area contributed by atoms with Crippen LogP contribution in [-0.2, 0) is 0 Å². The molecule has 0 radical (unpaired) electrons. The van der Waals surface area contributed by atoms with E-state index in [0.717, 1.165) is 5.56 Å². The SMILES string of the molecule is COc1nc(-c2ccccc2)c(C#N)cc1C(=O)O. The molecule has 94 valence electrons. The van der Waals surface area contributed by atoms with Gasteiger partial charge in [0.05, 0.1) is 18.4 Å². The lowest BCUT2D eigenvalue weighted by atomic mass is 10.0. The summed E-state index contributed by atoms with van der Waals surface area (Å²) in [6, 6.07) is 12.3. The number of hydrogen-bond donors (Lipinski definition) is 1. The molecule has 2 aromatic rings. The highest BCUT2D eigenvalue weighted by Gasteiger charge is 2.18. The minimum absolute atomic E-state index is 0.00893. The van der Waals surface area contributed by atoms with Gasteiger partial charge in [0, 0.05) is 5.56 Å². The van der Waals surface area contributed by atoms with E-state index in [0.29, 0.717) is 5.69 Å². The number of nitrogens with zero attached hydrogens (tertiary/aromatic N) is 2. The third-order valence-electron chi connectivity index (χ3n) is 2.58. The highest BCUT2D eigenvalue weighted by Crippen LogP contribution is 2.27. The molecule has 0 unspecified atom stereocenters. The molecule has 0 saturated carbocycles. The molecule has 1 aromatic carbocycles. The molecule has 0 saturated heterocycles. The lowest BCUT2D eigenvalue weighted by Crippen LogP contribution is -2.05. The number of aromatic carboxylic acids is 1. The number of methoxy groups -OCH3 is 1. The molecule has 2 rings (SSSR count). The Morgan fingerprint density at radius 2 is 2.05 bits per heavy atom. The minimum atomic E-state index is -1.18. The van der Waals surface area contributed by atoms with Crippen molar-refractivity contribution in [3.63, 3.8) is 0 Å². The lowest BCUT2D eigenvalue weighted by Gasteiger charge is -2.09. The monoisotopic (exact) mass is 254 g/mol. The van der Waals surface area contributed by atoms with Gasteiger partial charge in [0.25, 0.3) is 0 Å². The van der Waals surface area contributed by atoms with Crippen LogP contribution in [0.2, 0.25) is 0 Å². The molecule has 5 heteroatoms. The van der Waals surface area contributed by atoms with Crippen LogP contribution >= 0.6 is 0 Å². The van der Waals surface area contributed by atoms with Crippen LogP contribution < -0.4 is 4.74 Å². The molecule has 0 amide bonds. The predicted octanol–water partition coefficient (Wildman–Crippen LogP) is 2.33. The smallest absolute Gasteiger partial charge is 0.341 e. The molecule has 0 aliphatic rings. The first-order valence-corrected chi connectivity index (χ1v) is 5.45. The number of benzene rings is 1. The Hall–Kier alpha value is -2.87. The Labute approximate surface area is 109 Å². The van der Waals surface area contributed by atoms with E-state index in [9.17, 15) is 4.79 Å². The van der Waals surface area contributed by atoms with Crippen molar-refractivity contribution in [2.24, 2.45) is 0 Å². The maximum atomic E-state index is 11.1. The fourth-order valence-corrected chi connectivity index (χ4v) is 1.71. The Bertz CT molecular complexity index is 660. The molecule has 0 atom stereocenters. The van der Waals surface area contributed by atoms with Gasteiger partial charge >= 0.3 is 5.97 Å². The molecule has 0 spiro atoms. The van der Waals surface area contributed by atoms with Crippen molar-refractivity contribution in [2.75, 3.05) is 7.11 Å². The van der Waals surface area contributed by atoms with E-state index in [1.807, 2.05) is 24.3 Å². The van der Waals surface area contributed by atoms with Gasteiger partial charge in [-0.1, -0.05) is 30.3 Å². The van der Waals surface area contributed by atoms with Crippen LogP contribution in [-0.4, -0.2) is 23.2 Å². The lowest BCUT2D eigenvalue weighted by molar-refractivity contribution is 0.0692. The number of carboxylic acid groups (broad SMARTS) is 1. The zero-order valence-electron chi connectivity index (χ0n) is 10.1. The molecule has 0 fully saturated rings. The normalized spacial score (nSPS) is 9.68. The summed E-state index contributed by atoms with van der Waals surface area (Å²) in [5.74, 6) is -1.19. The number of carboxylic acids is 1. The van der Waals surface area contributed by atoms with Gasteiger partial charge in [0.2, 0.25) is 5.88 Å². The van der Waals surface area contributed by atoms with Crippen molar-refractivity contribution >= 4 is 5.97 Å². The third kappa shape index (κ3) is 2.38. The zero-order valence-corrected chi connectivity index (χ0v) is 10.1. The van der Waals surface area contributed by atoms with Crippen LogP contribution in [0.3, 0.4) is 0 Å². The maximum Gasteiger partial charge on any atom is 0.341 e. The molecule has 0 aliphatic heterocycles. The summed E-state index contributed by atoms with van der Waals surface area (Å²) in [5, 5.41) is 18.2. The minimum Gasteiger partial charge on any atom is -0.480 e. The molecule has 1 heterocycles. The van der Waals surface area contributed by atoms with Crippen LogP contribution in [0.1, 0.15) is 15.9 Å². The number of ether oxygens (including phenoxy) is 1. The number of nitriles is 1. The fourth-order valence-electron chi connectivity index (χ4n) is 1.71. The molecule has 1 aromatic heterocycles. The number of hydrogen-bond acceptors (Lipinski definition) is 4. The summed E-state index contributed by atoms with van der Waals surface area (Å²) in [7, 11) is 1.34. The highest BCUT2D eigenvalue weighted by atomic mass is 16.5. The maximum absolute atomic E-state index is 11.1. The molecule has 1 N–H and O–H groups in total. The second-order valence-corrected chi connectivity index (χ2v) is 3.72. The van der Waals surface area contributed by atoms with Crippen LogP contribution in [0.4, 0.5) is 0 Å². The second-order valence-electron chi connectivity index (χ2n) is 3.72. The first-order chi connectivity index (χ1) is 9.17. The Balaban J connectivity index is 2.69. The third-order valence-corrected chi connectivity index (χ3v) is 2.58. The Morgan fingerprint density at radius 3 is 2.58 bits per heavy atom. The largest absolute Gasteiger partial charge is 0.480 e. The van der Waals surface area contributed by atoms with Crippen molar-refractivity contribution < 1.29 is 14.6 Å². The first-order valence-electron chi connectivity index (χ1n) is 5.45. The molecular formula is C14H10N2O3. The van der Waals surface area contributed by atoms with Gasteiger partial charge < -0.3 is 9.84 Å². The van der Waals surface area contributed by atoms with Crippen molar-refractivity contribution in [3.8, 4) is 23.2 Å². The summed E-state index contributed by atoms with van der Waals surface area (Å²) >= 11 is 0. The van der Waals surface area contributed by atoms with Crippen LogP contribution in [0.15, 0.2) is 36.4 Å². The van der Waals surface area contributed by atoms with Gasteiger partial charge in [0.1, 0.15) is 11.6 Å². The van der Waals surface area contributed by atoms with Gasteiger partial charge in [0.15, 0.2) is 0 Å². The van der Waals surface area contributed by atoms with E-state index in [-0.39, 0.29) is 17.0 Å². The highest BCUT2D eigenvalue weighted by molar-refractivity contribution is 5.91. The number of aromatic nitrogens is 1. The van der Waals surface area contributed by atoms with Gasteiger partial charge in [-0.2, -0.15) is 5.26 Å². The molecule has 5 nitrogen and oxygen atoms in total. The quantitative estimate of drug-likeness (QED) is 0.908. The van der Waals surface area contributed by atoms with Crippen molar-refractivity contribution in [1.82, 2.24) is 4.98 Å². The van der Waals surface area contributed by atoms with Gasteiger partial charge in [-0.25, -0.2) is 9.78 Å². The van der Waals surface area contributed by atoms with Crippen molar-refractivity contribution in [1.29, 1.82) is 5.26 Å². The van der Waals surface area contributed by atoms with E-state index in [1.165, 1.54) is 13.2 Å². The molecule has 0 aliphatic carbocycles. The van der Waals surface area contributed by atoms with E-state index < -0.39 is 5.97 Å². The standard InChI is InChI=1S/C14H10N2O3/c1-19-13-11(14(17)18)7-10(8-15)12(16-13)9-5-3-2-4-6-9/h2-7H,1H3,(H,17,18). The van der Waals surface area contributed by atoms with Crippen LogP contribution in [0.5, 0.6) is 5.88 Å². The van der Waals surface area contributed by atoms with E-state index >= 15 is 0 Å². The van der Waals surface area contributed by atoms with E-state index in [2.05, 4.69) is 4.98 Å². The fraction of sp³-hybridized carbons (Fsp3) is 0.0714.